The fourth-order valence-corrected chi connectivity index (χ4v) is 3.18. The summed E-state index contributed by atoms with van der Waals surface area (Å²) in [6.45, 7) is 3.95. The average molecular weight is 397 g/mol. The maximum Gasteiger partial charge on any atom is 0.441 e. The highest BCUT2D eigenvalue weighted by Gasteiger charge is 2.17. The van der Waals surface area contributed by atoms with Crippen LogP contribution in [-0.4, -0.2) is 52.6 Å². The molecule has 0 radical (unpaired) electrons. The van der Waals surface area contributed by atoms with Crippen molar-refractivity contribution >= 4 is 0 Å². The molecule has 0 spiro atoms. The molecule has 7 heteroatoms. The van der Waals surface area contributed by atoms with Crippen molar-refractivity contribution in [1.29, 1.82) is 0 Å². The number of hydrogen-bond acceptors (Lipinski definition) is 6. The summed E-state index contributed by atoms with van der Waals surface area (Å²) in [6.07, 6.45) is 0.108. The van der Waals surface area contributed by atoms with E-state index in [0.717, 1.165) is 29.8 Å². The molecule has 7 nitrogen and oxygen atoms in total. The summed E-state index contributed by atoms with van der Waals surface area (Å²) in [6, 6.07) is 17.2. The minimum Gasteiger partial charge on any atom is -0.493 e. The maximum absolute atomic E-state index is 12.0. The van der Waals surface area contributed by atoms with Crippen LogP contribution in [0.5, 0.6) is 5.75 Å². The Bertz CT molecular complexity index is 952. The number of para-hydroxylation sites is 1. The number of likely N-dealkylation sites (N-methyl/N-ethyl adjacent to an activating group) is 1. The highest BCUT2D eigenvalue weighted by molar-refractivity contribution is 5.54. The van der Waals surface area contributed by atoms with Crippen LogP contribution in [0.15, 0.2) is 63.9 Å². The molecule has 1 heterocycles. The Labute approximate surface area is 170 Å². The van der Waals surface area contributed by atoms with E-state index in [1.807, 2.05) is 73.5 Å². The van der Waals surface area contributed by atoms with Gasteiger partial charge in [0.25, 0.3) is 0 Å². The van der Waals surface area contributed by atoms with Crippen molar-refractivity contribution in [3.63, 3.8) is 0 Å². The lowest BCUT2D eigenvalue weighted by molar-refractivity contribution is 0.105. The van der Waals surface area contributed by atoms with Crippen molar-refractivity contribution in [2.45, 2.75) is 26.0 Å². The number of aliphatic hydroxyl groups excluding tert-OH is 1. The molecule has 1 atom stereocenters. The van der Waals surface area contributed by atoms with Gasteiger partial charge >= 0.3 is 5.76 Å². The molecule has 0 bridgehead atoms. The number of ether oxygens (including phenoxy) is 1. The van der Waals surface area contributed by atoms with Gasteiger partial charge in [-0.1, -0.05) is 53.7 Å². The third kappa shape index (κ3) is 5.79. The van der Waals surface area contributed by atoms with E-state index < -0.39 is 11.9 Å². The molecule has 0 aliphatic heterocycles. The summed E-state index contributed by atoms with van der Waals surface area (Å²) in [5.41, 5.74) is 1.89. The van der Waals surface area contributed by atoms with Crippen LogP contribution in [-0.2, 0) is 6.54 Å². The molecule has 1 N–H and O–H groups in total. The summed E-state index contributed by atoms with van der Waals surface area (Å²) in [5.74, 6) is 0.747. The van der Waals surface area contributed by atoms with Crippen LogP contribution < -0.4 is 10.5 Å². The first kappa shape index (κ1) is 20.8. The van der Waals surface area contributed by atoms with Gasteiger partial charge < -0.3 is 14.7 Å². The van der Waals surface area contributed by atoms with Crippen molar-refractivity contribution in [3.05, 3.63) is 70.7 Å². The average Bonchev–Trinajstić information content (AvgIpc) is 3.07. The molecule has 3 aromatic rings. The Balaban J connectivity index is 1.47. The molecule has 154 valence electrons. The highest BCUT2D eigenvalue weighted by Crippen LogP contribution is 2.17. The van der Waals surface area contributed by atoms with Crippen LogP contribution in [0.25, 0.3) is 11.4 Å². The standard InChI is InChI=1S/C22H27N3O4/c1-17-9-6-7-12-20(17)28-14-8-13-24(2)15-19(26)16-25-21(23-29-22(25)27)18-10-4-3-5-11-18/h3-7,9-12,19,26H,8,13-16H2,1-2H3. The molecule has 0 amide bonds. The Morgan fingerprint density at radius 2 is 1.90 bits per heavy atom. The van der Waals surface area contributed by atoms with E-state index in [1.165, 1.54) is 4.57 Å². The summed E-state index contributed by atoms with van der Waals surface area (Å²) >= 11 is 0. The number of rotatable bonds is 10. The second kappa shape index (κ2) is 10.0. The number of hydrogen-bond donors (Lipinski definition) is 1. The van der Waals surface area contributed by atoms with Gasteiger partial charge in [0.1, 0.15) is 5.75 Å². The van der Waals surface area contributed by atoms with Crippen LogP contribution in [0.2, 0.25) is 0 Å². The molecule has 1 unspecified atom stereocenters. The summed E-state index contributed by atoms with van der Waals surface area (Å²) < 4.78 is 12.0. The minimum atomic E-state index is -0.725. The van der Waals surface area contributed by atoms with E-state index in [4.69, 9.17) is 9.26 Å². The lowest BCUT2D eigenvalue weighted by Gasteiger charge is -2.21. The van der Waals surface area contributed by atoms with Crippen molar-refractivity contribution < 1.29 is 14.4 Å². The van der Waals surface area contributed by atoms with Gasteiger partial charge in [-0.25, -0.2) is 4.79 Å². The van der Waals surface area contributed by atoms with Gasteiger partial charge in [-0.2, -0.15) is 0 Å². The Hall–Kier alpha value is -2.90. The minimum absolute atomic E-state index is 0.122. The zero-order valence-corrected chi connectivity index (χ0v) is 16.8. The van der Waals surface area contributed by atoms with Crippen LogP contribution >= 0.6 is 0 Å². The van der Waals surface area contributed by atoms with Gasteiger partial charge in [0.2, 0.25) is 0 Å². The number of aryl methyl sites for hydroxylation is 1. The first-order valence-corrected chi connectivity index (χ1v) is 9.71. The first-order chi connectivity index (χ1) is 14.0. The van der Waals surface area contributed by atoms with Crippen molar-refractivity contribution in [2.24, 2.45) is 0 Å². The number of aromatic nitrogens is 2. The number of nitrogens with zero attached hydrogens (tertiary/aromatic N) is 3. The van der Waals surface area contributed by atoms with Crippen LogP contribution in [0.1, 0.15) is 12.0 Å². The van der Waals surface area contributed by atoms with Gasteiger partial charge in [-0.15, -0.1) is 0 Å². The Morgan fingerprint density at radius 1 is 1.17 bits per heavy atom. The van der Waals surface area contributed by atoms with Gasteiger partial charge in [-0.3, -0.25) is 9.09 Å². The fourth-order valence-electron chi connectivity index (χ4n) is 3.18. The lowest BCUT2D eigenvalue weighted by Crippen LogP contribution is -2.35. The monoisotopic (exact) mass is 397 g/mol. The van der Waals surface area contributed by atoms with Crippen molar-refractivity contribution in [1.82, 2.24) is 14.6 Å². The largest absolute Gasteiger partial charge is 0.493 e. The predicted octanol–water partition coefficient (Wildman–Crippen LogP) is 2.57. The fraction of sp³-hybridized carbons (Fsp3) is 0.364. The quantitative estimate of drug-likeness (QED) is 0.530. The molecule has 0 fully saturated rings. The molecular formula is C22H27N3O4. The van der Waals surface area contributed by atoms with Gasteiger partial charge in [-0.05, 0) is 32.0 Å². The SMILES string of the molecule is Cc1ccccc1OCCCN(C)CC(O)Cn1c(-c2ccccc2)noc1=O. The molecule has 1 aromatic heterocycles. The van der Waals surface area contributed by atoms with Crippen molar-refractivity contribution in [3.8, 4) is 17.1 Å². The van der Waals surface area contributed by atoms with Crippen molar-refractivity contribution in [2.75, 3.05) is 26.7 Å². The summed E-state index contributed by atoms with van der Waals surface area (Å²) in [5, 5.41) is 14.3. The number of aliphatic hydroxyl groups is 1. The molecule has 3 rings (SSSR count). The zero-order chi connectivity index (χ0) is 20.6. The van der Waals surface area contributed by atoms with Gasteiger partial charge in [0.15, 0.2) is 5.82 Å². The molecule has 0 saturated heterocycles. The summed E-state index contributed by atoms with van der Waals surface area (Å²) in [4.78, 5) is 14.0. The van der Waals surface area contributed by atoms with Gasteiger partial charge in [0, 0.05) is 18.7 Å². The van der Waals surface area contributed by atoms with Crippen LogP contribution in [0.3, 0.4) is 0 Å². The Morgan fingerprint density at radius 3 is 2.66 bits per heavy atom. The van der Waals surface area contributed by atoms with E-state index in [-0.39, 0.29) is 6.54 Å². The van der Waals surface area contributed by atoms with Crippen LogP contribution in [0, 0.1) is 6.92 Å². The molecule has 29 heavy (non-hydrogen) atoms. The Kier molecular flexibility index (Phi) is 7.21. The smallest absolute Gasteiger partial charge is 0.441 e. The lowest BCUT2D eigenvalue weighted by atomic mass is 10.2. The molecular weight excluding hydrogens is 370 g/mol. The van der Waals surface area contributed by atoms with E-state index in [9.17, 15) is 9.90 Å². The van der Waals surface area contributed by atoms with E-state index >= 15 is 0 Å². The predicted molar refractivity (Wildman–Crippen MR) is 111 cm³/mol. The van der Waals surface area contributed by atoms with E-state index in [1.54, 1.807) is 0 Å². The normalized spacial score (nSPS) is 12.3. The number of benzene rings is 2. The third-order valence-corrected chi connectivity index (χ3v) is 4.67. The second-order valence-corrected chi connectivity index (χ2v) is 7.13. The highest BCUT2D eigenvalue weighted by atomic mass is 16.5. The van der Waals surface area contributed by atoms with Gasteiger partial charge in [0.05, 0.1) is 19.3 Å². The molecule has 0 saturated carbocycles. The second-order valence-electron chi connectivity index (χ2n) is 7.13. The maximum atomic E-state index is 12.0. The van der Waals surface area contributed by atoms with E-state index in [2.05, 4.69) is 5.16 Å². The summed E-state index contributed by atoms with van der Waals surface area (Å²) in [7, 11) is 1.94. The zero-order valence-electron chi connectivity index (χ0n) is 16.8. The third-order valence-electron chi connectivity index (χ3n) is 4.67. The first-order valence-electron chi connectivity index (χ1n) is 9.71. The molecule has 2 aromatic carbocycles. The molecule has 0 aliphatic rings. The topological polar surface area (TPSA) is 80.7 Å². The molecule has 0 aliphatic carbocycles. The van der Waals surface area contributed by atoms with Crippen LogP contribution in [0.4, 0.5) is 0 Å². The van der Waals surface area contributed by atoms with E-state index in [0.29, 0.717) is 19.0 Å².